The number of rotatable bonds is 2. The van der Waals surface area contributed by atoms with Crippen molar-refractivity contribution in [1.82, 2.24) is 9.80 Å². The third-order valence-electron chi connectivity index (χ3n) is 3.97. The van der Waals surface area contributed by atoms with Gasteiger partial charge in [0.05, 0.1) is 5.41 Å². The molecule has 1 heterocycles. The molecule has 7 heteroatoms. The van der Waals surface area contributed by atoms with E-state index in [9.17, 15) is 14.7 Å². The minimum absolute atomic E-state index is 0.0540. The van der Waals surface area contributed by atoms with Gasteiger partial charge in [-0.3, -0.25) is 9.59 Å². The quantitative estimate of drug-likeness (QED) is 0.761. The second kappa shape index (κ2) is 4.79. The molecular formula is C12H18Cl2N2O3. The predicted molar refractivity (Wildman–Crippen MR) is 72.0 cm³/mol. The summed E-state index contributed by atoms with van der Waals surface area (Å²) in [6.07, 6.45) is -0.532. The second-order valence-electron chi connectivity index (χ2n) is 5.51. The van der Waals surface area contributed by atoms with Crippen molar-refractivity contribution in [2.75, 3.05) is 26.2 Å². The molecule has 0 radical (unpaired) electrons. The van der Waals surface area contributed by atoms with E-state index < -0.39 is 15.9 Å². The first kappa shape index (κ1) is 14.9. The summed E-state index contributed by atoms with van der Waals surface area (Å²) in [5.41, 5.74) is -0.702. The molecule has 1 aliphatic heterocycles. The van der Waals surface area contributed by atoms with Crippen LogP contribution in [0.4, 0.5) is 0 Å². The van der Waals surface area contributed by atoms with Gasteiger partial charge in [0.25, 0.3) is 5.91 Å². The zero-order valence-corrected chi connectivity index (χ0v) is 12.5. The van der Waals surface area contributed by atoms with Gasteiger partial charge in [-0.2, -0.15) is 0 Å². The molecule has 0 bridgehead atoms. The zero-order valence-electron chi connectivity index (χ0n) is 11.0. The van der Waals surface area contributed by atoms with E-state index in [-0.39, 0.29) is 11.8 Å². The average Bonchev–Trinajstić information content (AvgIpc) is 2.88. The summed E-state index contributed by atoms with van der Waals surface area (Å²) in [4.78, 5) is 27.2. The van der Waals surface area contributed by atoms with Gasteiger partial charge in [0.2, 0.25) is 5.91 Å². The number of aliphatic hydroxyl groups is 1. The Kier molecular flexibility index (Phi) is 3.75. The SMILES string of the molecule is CC(O)C(=O)N1CCN(C(=O)C2(C)CC2(Cl)Cl)CC1. The number of nitrogens with zero attached hydrogens (tertiary/aromatic N) is 2. The Morgan fingerprint density at radius 2 is 1.58 bits per heavy atom. The fourth-order valence-electron chi connectivity index (χ4n) is 2.38. The van der Waals surface area contributed by atoms with E-state index in [1.165, 1.54) is 6.92 Å². The first-order chi connectivity index (χ1) is 8.69. The maximum absolute atomic E-state index is 12.3. The lowest BCUT2D eigenvalue weighted by Crippen LogP contribution is -2.54. The van der Waals surface area contributed by atoms with E-state index in [4.69, 9.17) is 23.2 Å². The Bertz CT molecular complexity index is 406. The predicted octanol–water partition coefficient (Wildman–Crippen LogP) is 0.622. The Labute approximate surface area is 122 Å². The van der Waals surface area contributed by atoms with Gasteiger partial charge in [-0.15, -0.1) is 23.2 Å². The first-order valence-corrected chi connectivity index (χ1v) is 7.09. The highest BCUT2D eigenvalue weighted by molar-refractivity contribution is 6.53. The average molecular weight is 309 g/mol. The van der Waals surface area contributed by atoms with Crippen LogP contribution in [0.15, 0.2) is 0 Å². The molecule has 0 aromatic heterocycles. The monoisotopic (exact) mass is 308 g/mol. The number of piperazine rings is 1. The molecule has 0 aromatic rings. The molecule has 2 atom stereocenters. The van der Waals surface area contributed by atoms with E-state index in [0.29, 0.717) is 32.6 Å². The first-order valence-electron chi connectivity index (χ1n) is 6.33. The molecule has 0 spiro atoms. The van der Waals surface area contributed by atoms with Gasteiger partial charge in [0, 0.05) is 26.2 Å². The third-order valence-corrected chi connectivity index (χ3v) is 5.07. The van der Waals surface area contributed by atoms with Gasteiger partial charge >= 0.3 is 0 Å². The Morgan fingerprint density at radius 3 is 1.95 bits per heavy atom. The number of hydrogen-bond donors (Lipinski definition) is 1. The highest BCUT2D eigenvalue weighted by Crippen LogP contribution is 2.64. The van der Waals surface area contributed by atoms with E-state index in [0.717, 1.165) is 0 Å². The molecule has 108 valence electrons. The van der Waals surface area contributed by atoms with Crippen molar-refractivity contribution >= 4 is 35.0 Å². The highest BCUT2D eigenvalue weighted by Gasteiger charge is 2.68. The molecule has 2 aliphatic rings. The topological polar surface area (TPSA) is 60.9 Å². The van der Waals surface area contributed by atoms with E-state index in [1.807, 2.05) is 0 Å². The van der Waals surface area contributed by atoms with Crippen LogP contribution >= 0.6 is 23.2 Å². The standard InChI is InChI=1S/C12H18Cl2N2O3/c1-8(17)9(18)15-3-5-16(6-4-15)10(19)11(2)7-12(11,13)14/h8,17H,3-7H2,1-2H3. The zero-order chi connectivity index (χ0) is 14.4. The van der Waals surface area contributed by atoms with Crippen LogP contribution in [0.3, 0.4) is 0 Å². The molecule has 2 unspecified atom stereocenters. The molecule has 19 heavy (non-hydrogen) atoms. The molecule has 1 saturated heterocycles. The van der Waals surface area contributed by atoms with Gasteiger partial charge in [-0.05, 0) is 20.3 Å². The van der Waals surface area contributed by atoms with E-state index >= 15 is 0 Å². The molecule has 1 saturated carbocycles. The molecule has 2 amide bonds. The Hall–Kier alpha value is -0.520. The summed E-state index contributed by atoms with van der Waals surface area (Å²) < 4.78 is -0.962. The minimum atomic E-state index is -0.999. The summed E-state index contributed by atoms with van der Waals surface area (Å²) >= 11 is 12.0. The van der Waals surface area contributed by atoms with Crippen LogP contribution in [0.25, 0.3) is 0 Å². The maximum Gasteiger partial charge on any atom is 0.251 e. The Morgan fingerprint density at radius 1 is 1.16 bits per heavy atom. The van der Waals surface area contributed by atoms with Crippen molar-refractivity contribution in [2.45, 2.75) is 30.7 Å². The lowest BCUT2D eigenvalue weighted by molar-refractivity contribution is -0.146. The molecule has 1 aliphatic carbocycles. The van der Waals surface area contributed by atoms with Crippen LogP contribution in [0.2, 0.25) is 0 Å². The number of hydrogen-bond acceptors (Lipinski definition) is 3. The number of halogens is 2. The third kappa shape index (κ3) is 2.56. The number of alkyl halides is 2. The van der Waals surface area contributed by atoms with Crippen molar-refractivity contribution < 1.29 is 14.7 Å². The molecular weight excluding hydrogens is 291 g/mol. The lowest BCUT2D eigenvalue weighted by Gasteiger charge is -2.36. The van der Waals surface area contributed by atoms with Crippen molar-refractivity contribution in [3.63, 3.8) is 0 Å². The van der Waals surface area contributed by atoms with Crippen molar-refractivity contribution in [3.05, 3.63) is 0 Å². The van der Waals surface area contributed by atoms with Gasteiger partial charge in [-0.1, -0.05) is 0 Å². The fraction of sp³-hybridized carbons (Fsp3) is 0.833. The van der Waals surface area contributed by atoms with Crippen LogP contribution < -0.4 is 0 Å². The van der Waals surface area contributed by atoms with Crippen LogP contribution in [0.1, 0.15) is 20.3 Å². The molecule has 2 rings (SSSR count). The van der Waals surface area contributed by atoms with Gasteiger partial charge in [0.1, 0.15) is 10.4 Å². The normalized spacial score (nSPS) is 31.0. The van der Waals surface area contributed by atoms with Crippen LogP contribution in [-0.2, 0) is 9.59 Å². The van der Waals surface area contributed by atoms with Crippen molar-refractivity contribution in [2.24, 2.45) is 5.41 Å². The van der Waals surface area contributed by atoms with Crippen molar-refractivity contribution in [3.8, 4) is 0 Å². The summed E-state index contributed by atoms with van der Waals surface area (Å²) in [5.74, 6) is -0.351. The van der Waals surface area contributed by atoms with Gasteiger partial charge < -0.3 is 14.9 Å². The van der Waals surface area contributed by atoms with E-state index in [1.54, 1.807) is 16.7 Å². The largest absolute Gasteiger partial charge is 0.384 e. The minimum Gasteiger partial charge on any atom is -0.384 e. The lowest BCUT2D eigenvalue weighted by atomic mass is 10.1. The highest BCUT2D eigenvalue weighted by atomic mass is 35.5. The molecule has 5 nitrogen and oxygen atoms in total. The van der Waals surface area contributed by atoms with Gasteiger partial charge in [0.15, 0.2) is 0 Å². The number of carbonyl (C=O) groups is 2. The Balaban J connectivity index is 1.91. The van der Waals surface area contributed by atoms with E-state index in [2.05, 4.69) is 0 Å². The van der Waals surface area contributed by atoms with Gasteiger partial charge in [-0.25, -0.2) is 0 Å². The summed E-state index contributed by atoms with van der Waals surface area (Å²) in [5, 5.41) is 9.25. The number of amides is 2. The molecule has 2 fully saturated rings. The number of carbonyl (C=O) groups excluding carboxylic acids is 2. The molecule has 0 aromatic carbocycles. The summed E-state index contributed by atoms with van der Waals surface area (Å²) in [6.45, 7) is 4.99. The van der Waals surface area contributed by atoms with Crippen LogP contribution in [0, 0.1) is 5.41 Å². The fourth-order valence-corrected chi connectivity index (χ4v) is 3.07. The summed E-state index contributed by atoms with van der Waals surface area (Å²) in [7, 11) is 0. The van der Waals surface area contributed by atoms with Crippen LogP contribution in [-0.4, -0.2) is 63.3 Å². The van der Waals surface area contributed by atoms with Crippen LogP contribution in [0.5, 0.6) is 0 Å². The number of aliphatic hydroxyl groups excluding tert-OH is 1. The summed E-state index contributed by atoms with van der Waals surface area (Å²) in [6, 6.07) is 0. The van der Waals surface area contributed by atoms with Crippen molar-refractivity contribution in [1.29, 1.82) is 0 Å². The maximum atomic E-state index is 12.3. The second-order valence-corrected chi connectivity index (χ2v) is 6.99. The smallest absolute Gasteiger partial charge is 0.251 e. The molecule has 1 N–H and O–H groups in total.